The Bertz CT molecular complexity index is 592. The van der Waals surface area contributed by atoms with E-state index in [4.69, 9.17) is 9.79 Å². The van der Waals surface area contributed by atoms with Crippen molar-refractivity contribution in [3.05, 3.63) is 27.3 Å². The highest BCUT2D eigenvalue weighted by Crippen LogP contribution is 2.43. The lowest BCUT2D eigenvalue weighted by atomic mass is 9.84. The van der Waals surface area contributed by atoms with Crippen LogP contribution in [0.15, 0.2) is 18.2 Å². The SMILES string of the molecule is O=I(=O)c1ccc(C2CCCCC2)cc1OP(=O)(O)O. The van der Waals surface area contributed by atoms with Crippen molar-refractivity contribution in [1.29, 1.82) is 0 Å². The number of hydrogen-bond donors (Lipinski definition) is 2. The van der Waals surface area contributed by atoms with Crippen molar-refractivity contribution in [2.24, 2.45) is 0 Å². The van der Waals surface area contributed by atoms with E-state index in [2.05, 4.69) is 4.52 Å². The Labute approximate surface area is 123 Å². The van der Waals surface area contributed by atoms with Gasteiger partial charge in [0.1, 0.15) is 9.32 Å². The van der Waals surface area contributed by atoms with Gasteiger partial charge in [0, 0.05) is 0 Å². The molecule has 8 heteroatoms. The van der Waals surface area contributed by atoms with E-state index in [9.17, 15) is 10.7 Å². The zero-order valence-corrected chi connectivity index (χ0v) is 13.7. The van der Waals surface area contributed by atoms with Gasteiger partial charge in [0.05, 0.1) is 0 Å². The van der Waals surface area contributed by atoms with Crippen LogP contribution in [0, 0.1) is 3.57 Å². The summed E-state index contributed by atoms with van der Waals surface area (Å²) in [5.41, 5.74) is 0.884. The van der Waals surface area contributed by atoms with Crippen molar-refractivity contribution in [2.75, 3.05) is 0 Å². The molecule has 1 aromatic rings. The van der Waals surface area contributed by atoms with Crippen molar-refractivity contribution < 1.29 is 25.0 Å². The molecule has 1 aliphatic rings. The quantitative estimate of drug-likeness (QED) is 0.577. The molecular formula is C12H16IO6P. The molecule has 20 heavy (non-hydrogen) atoms. The fourth-order valence-electron chi connectivity index (χ4n) is 2.54. The number of hydrogen-bond acceptors (Lipinski definition) is 4. The van der Waals surface area contributed by atoms with Gasteiger partial charge >= 0.3 is 27.6 Å². The Kier molecular flexibility index (Phi) is 5.17. The van der Waals surface area contributed by atoms with Gasteiger partial charge in [-0.25, -0.2) is 10.7 Å². The molecule has 0 unspecified atom stereocenters. The molecule has 0 aliphatic heterocycles. The predicted molar refractivity (Wildman–Crippen MR) is 79.0 cm³/mol. The monoisotopic (exact) mass is 414 g/mol. The highest BCUT2D eigenvalue weighted by molar-refractivity contribution is 14.2. The smallest absolute Gasteiger partial charge is 0.403 e. The van der Waals surface area contributed by atoms with Gasteiger partial charge in [-0.2, -0.15) is 0 Å². The molecule has 0 spiro atoms. The number of benzene rings is 1. The van der Waals surface area contributed by atoms with Crippen molar-refractivity contribution in [1.82, 2.24) is 0 Å². The molecule has 1 saturated carbocycles. The summed E-state index contributed by atoms with van der Waals surface area (Å²) >= 11 is -3.86. The van der Waals surface area contributed by atoms with Crippen LogP contribution < -0.4 is 4.52 Å². The van der Waals surface area contributed by atoms with E-state index in [1.165, 1.54) is 18.6 Å². The summed E-state index contributed by atoms with van der Waals surface area (Å²) in [6.07, 6.45) is 5.43. The lowest BCUT2D eigenvalue weighted by Gasteiger charge is -2.22. The molecule has 6 nitrogen and oxygen atoms in total. The molecule has 0 amide bonds. The Balaban J connectivity index is 2.36. The molecule has 0 heterocycles. The summed E-state index contributed by atoms with van der Waals surface area (Å²) in [5.74, 6) is 0.0779. The van der Waals surface area contributed by atoms with E-state index in [0.717, 1.165) is 31.2 Å². The summed E-state index contributed by atoms with van der Waals surface area (Å²) < 4.78 is 37.7. The predicted octanol–water partition coefficient (Wildman–Crippen LogP) is 3.57. The second-order valence-electron chi connectivity index (χ2n) is 4.82. The van der Waals surface area contributed by atoms with Crippen LogP contribution in [-0.2, 0) is 10.7 Å². The summed E-state index contributed by atoms with van der Waals surface area (Å²) in [7, 11) is -4.77. The standard InChI is InChI=1S/C12H16IO6P/c14-13(15)11-7-6-10(9-4-2-1-3-5-9)8-12(11)19-20(16,17)18/h6-9H,1-5H2,(H2,16,17,18). The molecule has 1 fully saturated rings. The van der Waals surface area contributed by atoms with Gasteiger partial charge in [-0.05, 0) is 36.5 Å². The lowest BCUT2D eigenvalue weighted by molar-refractivity contribution is 0.282. The van der Waals surface area contributed by atoms with Crippen LogP contribution in [0.2, 0.25) is 0 Å². The van der Waals surface area contributed by atoms with Gasteiger partial charge in [-0.3, -0.25) is 9.79 Å². The largest absolute Gasteiger partial charge is 0.524 e. The number of phosphoric acid groups is 1. The molecule has 1 aliphatic carbocycles. The van der Waals surface area contributed by atoms with E-state index >= 15 is 0 Å². The third-order valence-corrected chi connectivity index (χ3v) is 5.69. The fraction of sp³-hybridized carbons (Fsp3) is 0.500. The minimum Gasteiger partial charge on any atom is -0.403 e. The first-order valence-corrected chi connectivity index (χ1v) is 10.7. The third kappa shape index (κ3) is 4.25. The Hall–Kier alpha value is -0.500. The van der Waals surface area contributed by atoms with Crippen LogP contribution in [0.4, 0.5) is 0 Å². The lowest BCUT2D eigenvalue weighted by Crippen LogP contribution is -2.05. The van der Waals surface area contributed by atoms with Crippen molar-refractivity contribution in [3.63, 3.8) is 0 Å². The Morgan fingerprint density at radius 1 is 1.15 bits per heavy atom. The molecule has 2 rings (SSSR count). The first-order valence-electron chi connectivity index (χ1n) is 6.31. The minimum atomic E-state index is -4.77. The van der Waals surface area contributed by atoms with Gasteiger partial charge in [0.15, 0.2) is 0 Å². The molecule has 0 radical (unpaired) electrons. The highest BCUT2D eigenvalue weighted by atomic mass is 127. The summed E-state index contributed by atoms with van der Waals surface area (Å²) in [4.78, 5) is 17.8. The van der Waals surface area contributed by atoms with Gasteiger partial charge in [0.2, 0.25) is 0 Å². The van der Waals surface area contributed by atoms with E-state index in [-0.39, 0.29) is 9.32 Å². The zero-order chi connectivity index (χ0) is 14.8. The molecule has 2 N–H and O–H groups in total. The summed E-state index contributed by atoms with van der Waals surface area (Å²) in [6, 6.07) is 4.57. The second kappa shape index (κ2) is 6.51. The number of phosphoric ester groups is 1. The van der Waals surface area contributed by atoms with E-state index in [0.29, 0.717) is 5.92 Å². The Morgan fingerprint density at radius 3 is 2.35 bits per heavy atom. The second-order valence-corrected chi connectivity index (χ2v) is 8.39. The number of halogens is 1. The van der Waals surface area contributed by atoms with Crippen LogP contribution in [0.1, 0.15) is 43.6 Å². The van der Waals surface area contributed by atoms with E-state index < -0.39 is 27.6 Å². The minimum absolute atomic E-state index is 0.114. The molecule has 0 bridgehead atoms. The molecular weight excluding hydrogens is 398 g/mol. The summed E-state index contributed by atoms with van der Waals surface area (Å²) in [5, 5.41) is 0. The van der Waals surface area contributed by atoms with Crippen LogP contribution in [0.5, 0.6) is 5.75 Å². The average Bonchev–Trinajstić information content (AvgIpc) is 2.37. The van der Waals surface area contributed by atoms with Gasteiger partial charge in [-0.15, -0.1) is 0 Å². The summed E-state index contributed by atoms with van der Waals surface area (Å²) in [6.45, 7) is 0. The van der Waals surface area contributed by atoms with E-state index in [1.807, 2.05) is 0 Å². The van der Waals surface area contributed by atoms with Crippen LogP contribution >= 0.6 is 27.6 Å². The maximum absolute atomic E-state index is 11.2. The molecule has 112 valence electrons. The third-order valence-electron chi connectivity index (χ3n) is 3.42. The maximum Gasteiger partial charge on any atom is 0.524 e. The fourth-order valence-corrected chi connectivity index (χ4v) is 4.29. The van der Waals surface area contributed by atoms with Crippen LogP contribution in [0.25, 0.3) is 0 Å². The molecule has 0 saturated heterocycles. The van der Waals surface area contributed by atoms with Crippen molar-refractivity contribution in [3.8, 4) is 5.75 Å². The first kappa shape index (κ1) is 15.9. The maximum atomic E-state index is 11.2. The zero-order valence-electron chi connectivity index (χ0n) is 10.7. The van der Waals surface area contributed by atoms with Gasteiger partial charge in [-0.1, -0.05) is 25.3 Å². The molecule has 0 atom stereocenters. The van der Waals surface area contributed by atoms with Crippen LogP contribution in [-0.4, -0.2) is 9.79 Å². The topological polar surface area (TPSA) is 101 Å². The Morgan fingerprint density at radius 2 is 1.80 bits per heavy atom. The number of rotatable bonds is 4. The van der Waals surface area contributed by atoms with Gasteiger partial charge < -0.3 is 4.52 Å². The average molecular weight is 414 g/mol. The van der Waals surface area contributed by atoms with Crippen molar-refractivity contribution in [2.45, 2.75) is 38.0 Å². The normalized spacial score (nSPS) is 17.4. The van der Waals surface area contributed by atoms with E-state index in [1.54, 1.807) is 6.07 Å². The molecule has 1 aromatic carbocycles. The van der Waals surface area contributed by atoms with Gasteiger partial charge in [0.25, 0.3) is 0 Å². The van der Waals surface area contributed by atoms with Crippen molar-refractivity contribution >= 4 is 27.6 Å². The highest BCUT2D eigenvalue weighted by Gasteiger charge is 2.23. The van der Waals surface area contributed by atoms with Crippen LogP contribution in [0.3, 0.4) is 0 Å². The molecule has 0 aromatic heterocycles. The first-order chi connectivity index (χ1) is 9.37.